The van der Waals surface area contributed by atoms with E-state index in [-0.39, 0.29) is 29.8 Å². The normalized spacial score (nSPS) is 15.3. The van der Waals surface area contributed by atoms with Gasteiger partial charge in [0.1, 0.15) is 5.82 Å². The number of aromatic amines is 1. The van der Waals surface area contributed by atoms with Crippen molar-refractivity contribution >= 4 is 40.8 Å². The molecule has 1 aromatic carbocycles. The smallest absolute Gasteiger partial charge is 0.191 e. The summed E-state index contributed by atoms with van der Waals surface area (Å²) >= 11 is 0. The van der Waals surface area contributed by atoms with Gasteiger partial charge < -0.3 is 20.4 Å². The molecule has 0 radical (unpaired) electrons. The molecule has 0 spiro atoms. The summed E-state index contributed by atoms with van der Waals surface area (Å²) in [7, 11) is 0. The number of nitrogens with zero attached hydrogens (tertiary/aromatic N) is 2. The Morgan fingerprint density at radius 1 is 1.24 bits per heavy atom. The zero-order chi connectivity index (χ0) is 19.6. The van der Waals surface area contributed by atoms with Crippen LogP contribution in [-0.4, -0.2) is 68.3 Å². The molecule has 0 amide bonds. The Labute approximate surface area is 189 Å². The van der Waals surface area contributed by atoms with Gasteiger partial charge in [0.15, 0.2) is 5.96 Å². The van der Waals surface area contributed by atoms with Gasteiger partial charge in [0, 0.05) is 49.8 Å². The molecule has 29 heavy (non-hydrogen) atoms. The SMILES string of the molecule is CCNC(=NCCCCN1CCOCC1)NCCc1c[nH]c2cc(F)ccc12.I. The molecule has 1 aliphatic heterocycles. The highest BCUT2D eigenvalue weighted by Crippen LogP contribution is 2.19. The first-order valence-electron chi connectivity index (χ1n) is 10.3. The minimum absolute atomic E-state index is 0. The third-order valence-corrected chi connectivity index (χ3v) is 5.02. The molecule has 1 aromatic heterocycles. The predicted octanol–water partition coefficient (Wildman–Crippen LogP) is 3.14. The van der Waals surface area contributed by atoms with Crippen LogP contribution in [0.25, 0.3) is 10.9 Å². The summed E-state index contributed by atoms with van der Waals surface area (Å²) in [6, 6.07) is 4.88. The van der Waals surface area contributed by atoms with Gasteiger partial charge in [-0.05, 0) is 56.5 Å². The number of guanidine groups is 1. The molecule has 1 fully saturated rings. The average Bonchev–Trinajstić information content (AvgIpc) is 3.10. The van der Waals surface area contributed by atoms with E-state index in [9.17, 15) is 4.39 Å². The summed E-state index contributed by atoms with van der Waals surface area (Å²) in [6.45, 7) is 9.47. The maximum atomic E-state index is 13.3. The number of fused-ring (bicyclic) bond motifs is 1. The van der Waals surface area contributed by atoms with Gasteiger partial charge in [0.05, 0.1) is 13.2 Å². The zero-order valence-electron chi connectivity index (χ0n) is 17.2. The van der Waals surface area contributed by atoms with Crippen molar-refractivity contribution in [1.29, 1.82) is 0 Å². The molecule has 8 heteroatoms. The van der Waals surface area contributed by atoms with Crippen LogP contribution in [0.2, 0.25) is 0 Å². The van der Waals surface area contributed by atoms with Gasteiger partial charge in [-0.2, -0.15) is 0 Å². The molecule has 1 saturated heterocycles. The molecule has 162 valence electrons. The van der Waals surface area contributed by atoms with Crippen LogP contribution in [0, 0.1) is 5.82 Å². The first kappa shape index (κ1) is 23.9. The number of benzene rings is 1. The highest BCUT2D eigenvalue weighted by atomic mass is 127. The molecule has 6 nitrogen and oxygen atoms in total. The van der Waals surface area contributed by atoms with Crippen LogP contribution < -0.4 is 10.6 Å². The van der Waals surface area contributed by atoms with Gasteiger partial charge in [0.2, 0.25) is 0 Å². The van der Waals surface area contributed by atoms with E-state index >= 15 is 0 Å². The quantitative estimate of drug-likeness (QED) is 0.207. The maximum Gasteiger partial charge on any atom is 0.191 e. The number of hydrogen-bond donors (Lipinski definition) is 3. The van der Waals surface area contributed by atoms with Crippen LogP contribution in [-0.2, 0) is 11.2 Å². The third-order valence-electron chi connectivity index (χ3n) is 5.02. The first-order chi connectivity index (χ1) is 13.8. The Morgan fingerprint density at radius 2 is 2.07 bits per heavy atom. The van der Waals surface area contributed by atoms with Gasteiger partial charge in [-0.1, -0.05) is 0 Å². The number of unbranched alkanes of at least 4 members (excludes halogenated alkanes) is 1. The van der Waals surface area contributed by atoms with Crippen LogP contribution in [0.3, 0.4) is 0 Å². The van der Waals surface area contributed by atoms with E-state index in [1.165, 1.54) is 17.7 Å². The highest BCUT2D eigenvalue weighted by Gasteiger charge is 2.09. The zero-order valence-corrected chi connectivity index (χ0v) is 19.5. The lowest BCUT2D eigenvalue weighted by atomic mass is 10.1. The molecule has 0 unspecified atom stereocenters. The molecule has 3 rings (SSSR count). The minimum Gasteiger partial charge on any atom is -0.379 e. The van der Waals surface area contributed by atoms with Crippen molar-refractivity contribution in [1.82, 2.24) is 20.5 Å². The predicted molar refractivity (Wildman–Crippen MR) is 128 cm³/mol. The van der Waals surface area contributed by atoms with E-state index in [0.29, 0.717) is 0 Å². The number of hydrogen-bond acceptors (Lipinski definition) is 3. The van der Waals surface area contributed by atoms with Crippen LogP contribution >= 0.6 is 24.0 Å². The monoisotopic (exact) mass is 517 g/mol. The van der Waals surface area contributed by atoms with Crippen LogP contribution in [0.15, 0.2) is 29.4 Å². The second-order valence-corrected chi connectivity index (χ2v) is 7.10. The highest BCUT2D eigenvalue weighted by molar-refractivity contribution is 14.0. The number of H-pyrrole nitrogens is 1. The largest absolute Gasteiger partial charge is 0.379 e. The van der Waals surface area contributed by atoms with Crippen molar-refractivity contribution in [2.75, 3.05) is 52.5 Å². The van der Waals surface area contributed by atoms with Crippen molar-refractivity contribution in [2.24, 2.45) is 4.99 Å². The van der Waals surface area contributed by atoms with E-state index < -0.39 is 0 Å². The maximum absolute atomic E-state index is 13.3. The molecule has 2 heterocycles. The second kappa shape index (κ2) is 13.0. The number of halogens is 2. The average molecular weight is 517 g/mol. The molecule has 0 saturated carbocycles. The Bertz CT molecular complexity index is 761. The lowest BCUT2D eigenvalue weighted by molar-refractivity contribution is 0.0373. The van der Waals surface area contributed by atoms with Crippen molar-refractivity contribution in [2.45, 2.75) is 26.2 Å². The van der Waals surface area contributed by atoms with Crippen LogP contribution in [0.4, 0.5) is 4.39 Å². The summed E-state index contributed by atoms with van der Waals surface area (Å²) in [5.41, 5.74) is 2.03. The third kappa shape index (κ3) is 7.75. The molecule has 0 bridgehead atoms. The van der Waals surface area contributed by atoms with Crippen molar-refractivity contribution in [3.63, 3.8) is 0 Å². The van der Waals surface area contributed by atoms with Crippen molar-refractivity contribution in [3.05, 3.63) is 35.8 Å². The van der Waals surface area contributed by atoms with E-state index in [2.05, 4.69) is 32.4 Å². The summed E-state index contributed by atoms with van der Waals surface area (Å²) in [5.74, 6) is 0.647. The molecule has 2 aromatic rings. The van der Waals surface area contributed by atoms with Gasteiger partial charge in [-0.3, -0.25) is 9.89 Å². The standard InChI is InChI=1S/C21H32FN5O.HI/c1-2-23-21(24-8-3-4-10-27-11-13-28-14-12-27)25-9-7-17-16-26-20-15-18(22)5-6-19(17)20;/h5-6,15-16,26H,2-4,7-14H2,1H3,(H2,23,24,25);1H. The minimum atomic E-state index is -0.214. The van der Waals surface area contributed by atoms with Gasteiger partial charge >= 0.3 is 0 Å². The van der Waals surface area contributed by atoms with E-state index in [4.69, 9.17) is 4.74 Å². The van der Waals surface area contributed by atoms with Gasteiger partial charge in [0.25, 0.3) is 0 Å². The van der Waals surface area contributed by atoms with E-state index in [1.54, 1.807) is 0 Å². The van der Waals surface area contributed by atoms with Crippen LogP contribution in [0.1, 0.15) is 25.3 Å². The summed E-state index contributed by atoms with van der Waals surface area (Å²) in [6.07, 6.45) is 5.06. The van der Waals surface area contributed by atoms with Gasteiger partial charge in [-0.25, -0.2) is 4.39 Å². The lowest BCUT2D eigenvalue weighted by Crippen LogP contribution is -2.38. The van der Waals surface area contributed by atoms with Crippen molar-refractivity contribution in [3.8, 4) is 0 Å². The summed E-state index contributed by atoms with van der Waals surface area (Å²) in [5, 5.41) is 7.78. The van der Waals surface area contributed by atoms with Crippen molar-refractivity contribution < 1.29 is 9.13 Å². The summed E-state index contributed by atoms with van der Waals surface area (Å²) < 4.78 is 18.7. The number of ether oxygens (including phenoxy) is 1. The molecule has 1 aliphatic rings. The topological polar surface area (TPSA) is 64.7 Å². The first-order valence-corrected chi connectivity index (χ1v) is 10.3. The number of nitrogens with one attached hydrogen (secondary N) is 3. The summed E-state index contributed by atoms with van der Waals surface area (Å²) in [4.78, 5) is 10.3. The Kier molecular flexibility index (Phi) is 10.7. The Hall–Kier alpha value is -1.39. The number of aromatic nitrogens is 1. The number of morpholine rings is 1. The fourth-order valence-electron chi connectivity index (χ4n) is 3.49. The van der Waals surface area contributed by atoms with Gasteiger partial charge in [-0.15, -0.1) is 24.0 Å². The van der Waals surface area contributed by atoms with Crippen LogP contribution in [0.5, 0.6) is 0 Å². The van der Waals surface area contributed by atoms with E-state index in [0.717, 1.165) is 88.6 Å². The molecular weight excluding hydrogens is 484 g/mol. The fraction of sp³-hybridized carbons (Fsp3) is 0.571. The molecule has 0 atom stereocenters. The lowest BCUT2D eigenvalue weighted by Gasteiger charge is -2.26. The Balaban J connectivity index is 0.00000300. The molecule has 0 aliphatic carbocycles. The van der Waals surface area contributed by atoms with E-state index in [1.807, 2.05) is 12.3 Å². The number of rotatable bonds is 9. The number of aliphatic imine (C=N–C) groups is 1. The molecule has 3 N–H and O–H groups in total. The fourth-order valence-corrected chi connectivity index (χ4v) is 3.49. The second-order valence-electron chi connectivity index (χ2n) is 7.10. The Morgan fingerprint density at radius 3 is 2.86 bits per heavy atom. The molecular formula is C21H33FIN5O.